The maximum Gasteiger partial charge on any atom is 0.433 e. The molecular weight excluding hydrogens is 270 g/mol. The van der Waals surface area contributed by atoms with Gasteiger partial charge in [-0.25, -0.2) is 4.79 Å². The number of halogens is 1. The Morgan fingerprint density at radius 2 is 2.29 bits per heavy atom. The molecule has 5 nitrogen and oxygen atoms in total. The molecule has 0 radical (unpaired) electrons. The van der Waals surface area contributed by atoms with E-state index >= 15 is 0 Å². The van der Waals surface area contributed by atoms with Crippen LogP contribution in [0, 0.1) is 0 Å². The Morgan fingerprint density at radius 1 is 1.71 bits per heavy atom. The maximum atomic E-state index is 11.5. The normalized spacial score (nSPS) is 22.2. The van der Waals surface area contributed by atoms with Crippen LogP contribution in [0.1, 0.15) is 20.8 Å². The highest BCUT2D eigenvalue weighted by atomic mass is 79.9. The van der Waals surface area contributed by atoms with E-state index in [9.17, 15) is 4.79 Å². The van der Waals surface area contributed by atoms with Crippen molar-refractivity contribution >= 4 is 37.7 Å². The van der Waals surface area contributed by atoms with Crippen molar-refractivity contribution in [3.63, 3.8) is 0 Å². The molecule has 1 heterocycles. The van der Waals surface area contributed by atoms with Gasteiger partial charge in [-0.3, -0.25) is 0 Å². The number of thioether (sulfide) groups is 1. The molecule has 0 saturated carbocycles. The van der Waals surface area contributed by atoms with Gasteiger partial charge in [-0.05, 0) is 36.7 Å². The van der Waals surface area contributed by atoms with Crippen molar-refractivity contribution in [1.29, 1.82) is 0 Å². The second-order valence-electron chi connectivity index (χ2n) is 3.69. The van der Waals surface area contributed by atoms with E-state index in [1.165, 1.54) is 11.8 Å². The summed E-state index contributed by atoms with van der Waals surface area (Å²) in [6.45, 7) is 5.37. The van der Waals surface area contributed by atoms with Crippen LogP contribution in [0.25, 0.3) is 0 Å². The monoisotopic (exact) mass is 281 g/mol. The molecule has 0 saturated heterocycles. The Morgan fingerprint density at radius 3 is 2.64 bits per heavy atom. The van der Waals surface area contributed by atoms with E-state index in [1.807, 2.05) is 0 Å². The predicted molar refractivity (Wildman–Crippen MR) is 60.0 cm³/mol. The van der Waals surface area contributed by atoms with E-state index in [0.717, 1.165) is 5.01 Å². The van der Waals surface area contributed by atoms with E-state index in [4.69, 9.17) is 10.5 Å². The molecule has 0 aliphatic carbocycles. The van der Waals surface area contributed by atoms with Crippen LogP contribution in [0.3, 0.4) is 0 Å². The lowest BCUT2D eigenvalue weighted by molar-refractivity contribution is 0.0245. The highest BCUT2D eigenvalue weighted by molar-refractivity contribution is 9.22. The molecule has 1 aliphatic rings. The van der Waals surface area contributed by atoms with Gasteiger partial charge in [0.15, 0.2) is 9.45 Å². The zero-order valence-corrected chi connectivity index (χ0v) is 10.6. The molecule has 2 N–H and O–H groups in total. The average Bonchev–Trinajstić information content (AvgIpc) is 2.26. The van der Waals surface area contributed by atoms with Crippen LogP contribution in [-0.4, -0.2) is 26.2 Å². The molecule has 0 aromatic heterocycles. The highest BCUT2D eigenvalue weighted by Gasteiger charge is 2.31. The quantitative estimate of drug-likeness (QED) is 0.736. The molecule has 7 heteroatoms. The van der Waals surface area contributed by atoms with Crippen molar-refractivity contribution in [2.45, 2.75) is 31.9 Å². The van der Waals surface area contributed by atoms with Gasteiger partial charge in [-0.1, -0.05) is 11.8 Å². The summed E-state index contributed by atoms with van der Waals surface area (Å²) in [5.74, 6) is 0. The standard InChI is InChI=1S/C7H12BrN3O2S/c1-7(2,3)13-6(12)11-5(9)14-4(8)10-11/h5H,9H2,1-3H3/t5-/m1/s1. The fourth-order valence-electron chi connectivity index (χ4n) is 0.768. The van der Waals surface area contributed by atoms with E-state index < -0.39 is 17.2 Å². The van der Waals surface area contributed by atoms with E-state index in [-0.39, 0.29) is 0 Å². The molecule has 1 rings (SSSR count). The van der Waals surface area contributed by atoms with Crippen LogP contribution in [0.15, 0.2) is 5.10 Å². The molecule has 0 aromatic rings. The number of nitrogens with two attached hydrogens (primary N) is 1. The number of hydrazone groups is 1. The molecular formula is C7H12BrN3O2S. The van der Waals surface area contributed by atoms with Crippen LogP contribution < -0.4 is 5.73 Å². The van der Waals surface area contributed by atoms with E-state index in [0.29, 0.717) is 3.95 Å². The summed E-state index contributed by atoms with van der Waals surface area (Å²) in [5.41, 5.74) is 4.58. The fraction of sp³-hybridized carbons (Fsp3) is 0.714. The molecule has 1 amide bonds. The summed E-state index contributed by atoms with van der Waals surface area (Å²) in [6, 6.07) is 0. The van der Waals surface area contributed by atoms with Gasteiger partial charge < -0.3 is 10.5 Å². The molecule has 0 fully saturated rings. The third-order valence-corrected chi connectivity index (χ3v) is 2.66. The molecule has 1 aliphatic heterocycles. The van der Waals surface area contributed by atoms with Crippen molar-refractivity contribution in [1.82, 2.24) is 5.01 Å². The van der Waals surface area contributed by atoms with Gasteiger partial charge in [0.2, 0.25) is 0 Å². The molecule has 80 valence electrons. The van der Waals surface area contributed by atoms with E-state index in [1.54, 1.807) is 20.8 Å². The van der Waals surface area contributed by atoms with Gasteiger partial charge in [0.25, 0.3) is 0 Å². The van der Waals surface area contributed by atoms with Gasteiger partial charge in [0, 0.05) is 0 Å². The predicted octanol–water partition coefficient (Wildman–Crippen LogP) is 1.88. The van der Waals surface area contributed by atoms with Crippen molar-refractivity contribution in [3.8, 4) is 0 Å². The Labute approximate surface area is 95.2 Å². The zero-order chi connectivity index (χ0) is 10.9. The topological polar surface area (TPSA) is 67.9 Å². The number of ether oxygens (including phenoxy) is 1. The number of hydrogen-bond acceptors (Lipinski definition) is 5. The van der Waals surface area contributed by atoms with Crippen LogP contribution in [-0.2, 0) is 4.74 Å². The van der Waals surface area contributed by atoms with Gasteiger partial charge in [-0.15, -0.1) is 0 Å². The third kappa shape index (κ3) is 3.14. The van der Waals surface area contributed by atoms with Gasteiger partial charge >= 0.3 is 6.09 Å². The maximum absolute atomic E-state index is 11.5. The summed E-state index contributed by atoms with van der Waals surface area (Å²) in [7, 11) is 0. The summed E-state index contributed by atoms with van der Waals surface area (Å²) in [5, 5.41) is 4.99. The minimum absolute atomic E-state index is 0.515. The highest BCUT2D eigenvalue weighted by Crippen LogP contribution is 2.26. The molecule has 1 atom stereocenters. The van der Waals surface area contributed by atoms with Gasteiger partial charge in [0.1, 0.15) is 5.60 Å². The molecule has 0 aromatic carbocycles. The second-order valence-corrected chi connectivity index (χ2v) is 6.07. The minimum atomic E-state index is -0.536. The lowest BCUT2D eigenvalue weighted by Crippen LogP contribution is -2.40. The first kappa shape index (κ1) is 11.8. The van der Waals surface area contributed by atoms with Crippen LogP contribution >= 0.6 is 27.7 Å². The minimum Gasteiger partial charge on any atom is -0.442 e. The van der Waals surface area contributed by atoms with Gasteiger partial charge in [0.05, 0.1) is 0 Å². The second kappa shape index (κ2) is 4.08. The number of carbonyl (C=O) groups excluding carboxylic acids is 1. The molecule has 0 bridgehead atoms. The van der Waals surface area contributed by atoms with Crippen molar-refractivity contribution in [3.05, 3.63) is 0 Å². The molecule has 0 unspecified atom stereocenters. The zero-order valence-electron chi connectivity index (χ0n) is 8.15. The Hall–Kier alpha value is -0.270. The Kier molecular flexibility index (Phi) is 3.44. The summed E-state index contributed by atoms with van der Waals surface area (Å²) < 4.78 is 5.69. The Balaban J connectivity index is 2.62. The van der Waals surface area contributed by atoms with Crippen LogP contribution in [0.5, 0.6) is 0 Å². The van der Waals surface area contributed by atoms with Crippen molar-refractivity contribution in [2.24, 2.45) is 10.8 Å². The van der Waals surface area contributed by atoms with Crippen LogP contribution in [0.4, 0.5) is 4.79 Å². The van der Waals surface area contributed by atoms with Crippen molar-refractivity contribution < 1.29 is 9.53 Å². The third-order valence-electron chi connectivity index (χ3n) is 1.23. The summed E-state index contributed by atoms with van der Waals surface area (Å²) in [4.78, 5) is 11.5. The lowest BCUT2D eigenvalue weighted by Gasteiger charge is -2.23. The van der Waals surface area contributed by atoms with E-state index in [2.05, 4.69) is 21.0 Å². The molecule has 14 heavy (non-hydrogen) atoms. The fourth-order valence-corrected chi connectivity index (χ4v) is 2.08. The number of hydrogen-bond donors (Lipinski definition) is 1. The number of carbonyl (C=O) groups is 1. The number of nitrogens with zero attached hydrogens (tertiary/aromatic N) is 2. The SMILES string of the molecule is CC(C)(C)OC(=O)N1N=C(Br)S[C@@H]1N. The summed E-state index contributed by atoms with van der Waals surface area (Å²) in [6.07, 6.45) is -0.535. The molecule has 0 spiro atoms. The summed E-state index contributed by atoms with van der Waals surface area (Å²) >= 11 is 4.40. The average molecular weight is 282 g/mol. The first-order chi connectivity index (χ1) is 6.29. The van der Waals surface area contributed by atoms with Crippen molar-refractivity contribution in [2.75, 3.05) is 0 Å². The van der Waals surface area contributed by atoms with Gasteiger partial charge in [-0.2, -0.15) is 10.1 Å². The first-order valence-electron chi connectivity index (χ1n) is 3.98. The smallest absolute Gasteiger partial charge is 0.433 e. The number of rotatable bonds is 0. The Bertz CT molecular complexity index is 277. The largest absolute Gasteiger partial charge is 0.442 e. The number of amides is 1. The lowest BCUT2D eigenvalue weighted by atomic mass is 10.2. The first-order valence-corrected chi connectivity index (χ1v) is 5.65. The van der Waals surface area contributed by atoms with Crippen LogP contribution in [0.2, 0.25) is 0 Å².